The van der Waals surface area contributed by atoms with Crippen molar-refractivity contribution in [1.29, 1.82) is 0 Å². The average molecular weight is 415 g/mol. The topological polar surface area (TPSA) is 59.8 Å². The second-order valence-corrected chi connectivity index (χ2v) is 7.96. The molecule has 1 amide bonds. The molecule has 0 aliphatic carbocycles. The predicted octanol–water partition coefficient (Wildman–Crippen LogP) is 5.38. The second-order valence-electron chi connectivity index (χ2n) is 6.61. The summed E-state index contributed by atoms with van der Waals surface area (Å²) >= 11 is 7.59. The highest BCUT2D eigenvalue weighted by Gasteiger charge is 2.15. The van der Waals surface area contributed by atoms with Crippen molar-refractivity contribution in [2.45, 2.75) is 31.3 Å². The van der Waals surface area contributed by atoms with Crippen LogP contribution in [0.25, 0.3) is 11.4 Å². The lowest BCUT2D eigenvalue weighted by Gasteiger charge is -2.10. The van der Waals surface area contributed by atoms with Crippen LogP contribution in [0.15, 0.2) is 53.7 Å². The fourth-order valence-corrected chi connectivity index (χ4v) is 3.71. The molecule has 1 unspecified atom stereocenters. The first kappa shape index (κ1) is 20.4. The lowest BCUT2D eigenvalue weighted by Crippen LogP contribution is -2.14. The van der Waals surface area contributed by atoms with Gasteiger partial charge in [0.2, 0.25) is 5.91 Å². The molecular weight excluding hydrogens is 392 g/mol. The Bertz CT molecular complexity index is 955. The molecule has 3 aromatic rings. The number of rotatable bonds is 7. The summed E-state index contributed by atoms with van der Waals surface area (Å²) in [5, 5.41) is 12.6. The van der Waals surface area contributed by atoms with Gasteiger partial charge >= 0.3 is 0 Å². The highest BCUT2D eigenvalue weighted by Crippen LogP contribution is 2.28. The zero-order chi connectivity index (χ0) is 20.1. The van der Waals surface area contributed by atoms with E-state index in [0.29, 0.717) is 21.9 Å². The molecule has 1 N–H and O–H groups in total. The van der Waals surface area contributed by atoms with E-state index >= 15 is 0 Å². The normalized spacial score (nSPS) is 12.0. The third-order valence-electron chi connectivity index (χ3n) is 4.66. The summed E-state index contributed by atoms with van der Waals surface area (Å²) in [6, 6.07) is 15.5. The summed E-state index contributed by atoms with van der Waals surface area (Å²) in [5.41, 5.74) is 2.89. The Morgan fingerprint density at radius 1 is 1.18 bits per heavy atom. The van der Waals surface area contributed by atoms with E-state index in [-0.39, 0.29) is 11.7 Å². The highest BCUT2D eigenvalue weighted by atomic mass is 35.5. The zero-order valence-corrected chi connectivity index (χ0v) is 17.7. The SMILES string of the molecule is CCC(C)c1ccc(NC(=O)CSc2nnc(-c3ccccc3Cl)n2C)cc1. The smallest absolute Gasteiger partial charge is 0.234 e. The molecule has 28 heavy (non-hydrogen) atoms. The number of benzene rings is 2. The Morgan fingerprint density at radius 2 is 1.89 bits per heavy atom. The quantitative estimate of drug-likeness (QED) is 0.527. The zero-order valence-electron chi connectivity index (χ0n) is 16.1. The number of amides is 1. The van der Waals surface area contributed by atoms with E-state index in [4.69, 9.17) is 11.6 Å². The summed E-state index contributed by atoms with van der Waals surface area (Å²) in [7, 11) is 1.87. The third kappa shape index (κ3) is 4.75. The Hall–Kier alpha value is -2.31. The van der Waals surface area contributed by atoms with Crippen LogP contribution in [-0.4, -0.2) is 26.4 Å². The van der Waals surface area contributed by atoms with Gasteiger partial charge < -0.3 is 9.88 Å². The van der Waals surface area contributed by atoms with Gasteiger partial charge in [-0.15, -0.1) is 10.2 Å². The molecule has 7 heteroatoms. The van der Waals surface area contributed by atoms with Crippen molar-refractivity contribution in [3.63, 3.8) is 0 Å². The largest absolute Gasteiger partial charge is 0.325 e. The van der Waals surface area contributed by atoms with Crippen LogP contribution >= 0.6 is 23.4 Å². The molecule has 0 fully saturated rings. The van der Waals surface area contributed by atoms with E-state index in [9.17, 15) is 4.79 Å². The fourth-order valence-electron chi connectivity index (χ4n) is 2.78. The summed E-state index contributed by atoms with van der Waals surface area (Å²) in [4.78, 5) is 12.3. The molecule has 0 saturated carbocycles. The van der Waals surface area contributed by atoms with E-state index in [0.717, 1.165) is 17.7 Å². The van der Waals surface area contributed by atoms with Crippen LogP contribution < -0.4 is 5.32 Å². The van der Waals surface area contributed by atoms with Crippen LogP contribution in [0, 0.1) is 0 Å². The number of carbonyl (C=O) groups is 1. The van der Waals surface area contributed by atoms with Crippen LogP contribution in [0.2, 0.25) is 5.02 Å². The fraction of sp³-hybridized carbons (Fsp3) is 0.286. The van der Waals surface area contributed by atoms with Gasteiger partial charge in [-0.3, -0.25) is 4.79 Å². The number of nitrogens with zero attached hydrogens (tertiary/aromatic N) is 3. The Kier molecular flexibility index (Phi) is 6.75. The van der Waals surface area contributed by atoms with Crippen LogP contribution in [0.5, 0.6) is 0 Å². The van der Waals surface area contributed by atoms with Gasteiger partial charge in [0.25, 0.3) is 0 Å². The van der Waals surface area contributed by atoms with Crippen molar-refractivity contribution in [3.05, 3.63) is 59.1 Å². The minimum atomic E-state index is -0.0800. The van der Waals surface area contributed by atoms with Crippen molar-refractivity contribution in [2.24, 2.45) is 7.05 Å². The molecule has 1 aromatic heterocycles. The Labute approximate surface area is 174 Å². The van der Waals surface area contributed by atoms with Crippen molar-refractivity contribution in [2.75, 3.05) is 11.1 Å². The Balaban J connectivity index is 1.60. The predicted molar refractivity (Wildman–Crippen MR) is 116 cm³/mol. The second kappa shape index (κ2) is 9.26. The van der Waals surface area contributed by atoms with Gasteiger partial charge in [-0.25, -0.2) is 0 Å². The van der Waals surface area contributed by atoms with Gasteiger partial charge in [0.1, 0.15) is 0 Å². The molecule has 0 aliphatic heterocycles. The highest BCUT2D eigenvalue weighted by molar-refractivity contribution is 7.99. The number of nitrogens with one attached hydrogen (secondary N) is 1. The first-order chi connectivity index (χ1) is 13.5. The summed E-state index contributed by atoms with van der Waals surface area (Å²) < 4.78 is 1.85. The molecule has 0 spiro atoms. The number of carbonyl (C=O) groups excluding carboxylic acids is 1. The molecule has 0 radical (unpaired) electrons. The molecule has 0 aliphatic rings. The first-order valence-electron chi connectivity index (χ1n) is 9.16. The maximum Gasteiger partial charge on any atom is 0.234 e. The molecule has 3 rings (SSSR count). The lowest BCUT2D eigenvalue weighted by molar-refractivity contribution is -0.113. The van der Waals surface area contributed by atoms with Gasteiger partial charge in [0, 0.05) is 18.3 Å². The minimum absolute atomic E-state index is 0.0800. The van der Waals surface area contributed by atoms with Gasteiger partial charge in [0.05, 0.1) is 10.8 Å². The van der Waals surface area contributed by atoms with E-state index < -0.39 is 0 Å². The number of hydrogen-bond acceptors (Lipinski definition) is 4. The van der Waals surface area contributed by atoms with Crippen LogP contribution in [0.4, 0.5) is 5.69 Å². The summed E-state index contributed by atoms with van der Waals surface area (Å²) in [6.45, 7) is 4.36. The van der Waals surface area contributed by atoms with Crippen molar-refractivity contribution in [1.82, 2.24) is 14.8 Å². The van der Waals surface area contributed by atoms with Gasteiger partial charge in [-0.2, -0.15) is 0 Å². The maximum absolute atomic E-state index is 12.3. The minimum Gasteiger partial charge on any atom is -0.325 e. The number of hydrogen-bond donors (Lipinski definition) is 1. The third-order valence-corrected chi connectivity index (χ3v) is 6.01. The first-order valence-corrected chi connectivity index (χ1v) is 10.5. The molecule has 1 heterocycles. The van der Waals surface area contributed by atoms with Gasteiger partial charge in [0.15, 0.2) is 11.0 Å². The molecule has 146 valence electrons. The average Bonchev–Trinajstić information content (AvgIpc) is 3.07. The number of halogens is 1. The van der Waals surface area contributed by atoms with Crippen molar-refractivity contribution < 1.29 is 4.79 Å². The van der Waals surface area contributed by atoms with Crippen molar-refractivity contribution >= 4 is 35.0 Å². The van der Waals surface area contributed by atoms with E-state index in [1.807, 2.05) is 48.0 Å². The maximum atomic E-state index is 12.3. The van der Waals surface area contributed by atoms with Crippen LogP contribution in [0.3, 0.4) is 0 Å². The molecule has 0 saturated heterocycles. The molecule has 5 nitrogen and oxygen atoms in total. The number of thioether (sulfide) groups is 1. The van der Waals surface area contributed by atoms with Gasteiger partial charge in [-0.1, -0.05) is 61.5 Å². The van der Waals surface area contributed by atoms with Crippen molar-refractivity contribution in [3.8, 4) is 11.4 Å². The van der Waals surface area contributed by atoms with Crippen LogP contribution in [-0.2, 0) is 11.8 Å². The molecular formula is C21H23ClN4OS. The molecule has 2 aromatic carbocycles. The monoisotopic (exact) mass is 414 g/mol. The van der Waals surface area contributed by atoms with E-state index in [1.165, 1.54) is 17.3 Å². The number of anilines is 1. The van der Waals surface area contributed by atoms with Crippen LogP contribution in [0.1, 0.15) is 31.7 Å². The Morgan fingerprint density at radius 3 is 2.57 bits per heavy atom. The van der Waals surface area contributed by atoms with E-state index in [1.54, 1.807) is 0 Å². The molecule has 1 atom stereocenters. The number of aromatic nitrogens is 3. The summed E-state index contributed by atoms with van der Waals surface area (Å²) in [6.07, 6.45) is 1.09. The van der Waals surface area contributed by atoms with Gasteiger partial charge in [-0.05, 0) is 42.2 Å². The van der Waals surface area contributed by atoms with E-state index in [2.05, 4.69) is 41.5 Å². The molecule has 0 bridgehead atoms. The summed E-state index contributed by atoms with van der Waals surface area (Å²) in [5.74, 6) is 1.36. The lowest BCUT2D eigenvalue weighted by atomic mass is 9.99. The standard InChI is InChI=1S/C21H23ClN4OS/c1-4-14(2)15-9-11-16(12-10-15)23-19(27)13-28-21-25-24-20(26(21)3)17-7-5-6-8-18(17)22/h5-12,14H,4,13H2,1-3H3,(H,23,27).